The number of hydrogen-bond donors (Lipinski definition) is 2. The highest BCUT2D eigenvalue weighted by molar-refractivity contribution is 5.91. The fraction of sp³-hybridized carbons (Fsp3) is 0.200. The Morgan fingerprint density at radius 2 is 1.61 bits per heavy atom. The third-order valence-electron chi connectivity index (χ3n) is 6.26. The first-order chi connectivity index (χ1) is 13.6. The average Bonchev–Trinajstić information content (AvgIpc) is 3.21. The minimum atomic E-state index is -0.736. The molecule has 2 N–H and O–H groups in total. The predicted molar refractivity (Wildman–Crippen MR) is 110 cm³/mol. The maximum Gasteiger partial charge on any atom is 0.122 e. The minimum absolute atomic E-state index is 0.165. The van der Waals surface area contributed by atoms with Crippen molar-refractivity contribution in [1.29, 1.82) is 0 Å². The molecule has 3 aromatic carbocycles. The number of aliphatic hydroxyl groups is 1. The maximum atomic E-state index is 11.4. The summed E-state index contributed by atoms with van der Waals surface area (Å²) in [7, 11) is 1.66. The summed E-state index contributed by atoms with van der Waals surface area (Å²) >= 11 is 0. The van der Waals surface area contributed by atoms with Crippen LogP contribution >= 0.6 is 0 Å². The van der Waals surface area contributed by atoms with Gasteiger partial charge in [0.15, 0.2) is 0 Å². The largest absolute Gasteiger partial charge is 0.508 e. The van der Waals surface area contributed by atoms with E-state index in [-0.39, 0.29) is 5.75 Å². The van der Waals surface area contributed by atoms with E-state index in [4.69, 9.17) is 4.74 Å². The summed E-state index contributed by atoms with van der Waals surface area (Å²) in [4.78, 5) is 0. The van der Waals surface area contributed by atoms with Crippen molar-refractivity contribution < 1.29 is 14.9 Å². The summed E-state index contributed by atoms with van der Waals surface area (Å²) in [5.41, 5.74) is 5.82. The van der Waals surface area contributed by atoms with Crippen LogP contribution in [0.3, 0.4) is 0 Å². The number of benzene rings is 3. The van der Waals surface area contributed by atoms with Gasteiger partial charge in [-0.25, -0.2) is 0 Å². The van der Waals surface area contributed by atoms with E-state index in [1.807, 2.05) is 36.4 Å². The lowest BCUT2D eigenvalue weighted by atomic mass is 9.75. The van der Waals surface area contributed by atoms with Crippen LogP contribution in [0.1, 0.15) is 33.9 Å². The zero-order valence-electron chi connectivity index (χ0n) is 15.7. The van der Waals surface area contributed by atoms with E-state index in [2.05, 4.69) is 30.3 Å². The Morgan fingerprint density at radius 1 is 0.929 bits per heavy atom. The van der Waals surface area contributed by atoms with E-state index in [1.54, 1.807) is 13.2 Å². The molecule has 0 aliphatic heterocycles. The summed E-state index contributed by atoms with van der Waals surface area (Å²) in [6.45, 7) is 0. The molecule has 140 valence electrons. The second-order valence-electron chi connectivity index (χ2n) is 7.75. The molecule has 1 spiro atoms. The topological polar surface area (TPSA) is 49.7 Å². The van der Waals surface area contributed by atoms with Gasteiger partial charge in [-0.3, -0.25) is 0 Å². The van der Waals surface area contributed by atoms with Crippen molar-refractivity contribution in [2.45, 2.75) is 18.9 Å². The molecule has 0 bridgehead atoms. The van der Waals surface area contributed by atoms with Gasteiger partial charge in [-0.05, 0) is 58.9 Å². The summed E-state index contributed by atoms with van der Waals surface area (Å²) in [6, 6.07) is 21.8. The van der Waals surface area contributed by atoms with E-state index >= 15 is 0 Å². The van der Waals surface area contributed by atoms with Crippen LogP contribution in [0.5, 0.6) is 11.5 Å². The van der Waals surface area contributed by atoms with Crippen LogP contribution in [0.25, 0.3) is 11.6 Å². The lowest BCUT2D eigenvalue weighted by Gasteiger charge is -2.30. The molecule has 0 fully saturated rings. The zero-order valence-corrected chi connectivity index (χ0v) is 15.7. The monoisotopic (exact) mass is 370 g/mol. The Kier molecular flexibility index (Phi) is 3.81. The zero-order chi connectivity index (χ0) is 19.3. The first-order valence-corrected chi connectivity index (χ1v) is 9.56. The average molecular weight is 370 g/mol. The third kappa shape index (κ3) is 2.40. The van der Waals surface area contributed by atoms with Crippen LogP contribution in [0.4, 0.5) is 0 Å². The van der Waals surface area contributed by atoms with Crippen molar-refractivity contribution in [2.75, 3.05) is 7.11 Å². The number of aromatic hydroxyl groups is 1. The minimum Gasteiger partial charge on any atom is -0.508 e. The van der Waals surface area contributed by atoms with E-state index in [0.29, 0.717) is 5.56 Å². The molecule has 5 rings (SSSR count). The van der Waals surface area contributed by atoms with Crippen molar-refractivity contribution in [1.82, 2.24) is 0 Å². The Morgan fingerprint density at radius 3 is 2.25 bits per heavy atom. The molecule has 3 nitrogen and oxygen atoms in total. The Hall–Kier alpha value is -3.04. The molecule has 1 unspecified atom stereocenters. The maximum absolute atomic E-state index is 11.4. The Balaban J connectivity index is 1.69. The molecule has 3 aromatic rings. The number of fused-ring (bicyclic) bond motifs is 2. The van der Waals surface area contributed by atoms with Crippen molar-refractivity contribution in [3.8, 4) is 11.5 Å². The molecule has 2 aliphatic carbocycles. The molecule has 2 aliphatic rings. The SMILES string of the molecule is COc1ccc(C=C2c3cccc(O)c3C(O)C23Cc2ccccc2C3)cc1. The van der Waals surface area contributed by atoms with Gasteiger partial charge >= 0.3 is 0 Å². The van der Waals surface area contributed by atoms with Gasteiger partial charge in [-0.1, -0.05) is 54.6 Å². The van der Waals surface area contributed by atoms with Gasteiger partial charge in [-0.2, -0.15) is 0 Å². The van der Waals surface area contributed by atoms with Crippen LogP contribution in [0.2, 0.25) is 0 Å². The van der Waals surface area contributed by atoms with Gasteiger partial charge < -0.3 is 14.9 Å². The molecular weight excluding hydrogens is 348 g/mol. The number of ether oxygens (including phenoxy) is 1. The van der Waals surface area contributed by atoms with E-state index in [9.17, 15) is 10.2 Å². The van der Waals surface area contributed by atoms with Crippen LogP contribution in [-0.4, -0.2) is 17.3 Å². The number of phenols is 1. The number of hydrogen-bond acceptors (Lipinski definition) is 3. The molecule has 0 amide bonds. The molecule has 28 heavy (non-hydrogen) atoms. The van der Waals surface area contributed by atoms with Gasteiger partial charge in [-0.15, -0.1) is 0 Å². The third-order valence-corrected chi connectivity index (χ3v) is 6.26. The molecule has 0 radical (unpaired) electrons. The van der Waals surface area contributed by atoms with Gasteiger partial charge in [0.05, 0.1) is 13.2 Å². The predicted octanol–water partition coefficient (Wildman–Crippen LogP) is 4.77. The normalized spacial score (nSPS) is 20.4. The fourth-order valence-electron chi connectivity index (χ4n) is 4.88. The summed E-state index contributed by atoms with van der Waals surface area (Å²) in [5.74, 6) is 0.980. The molecular formula is C25H22O3. The fourth-order valence-corrected chi connectivity index (χ4v) is 4.88. The molecule has 0 saturated heterocycles. The van der Waals surface area contributed by atoms with Crippen LogP contribution in [-0.2, 0) is 12.8 Å². The Bertz CT molecular complexity index is 1050. The highest BCUT2D eigenvalue weighted by Gasteiger charge is 2.53. The van der Waals surface area contributed by atoms with Gasteiger partial charge in [0.25, 0.3) is 0 Å². The second kappa shape index (κ2) is 6.25. The number of phenolic OH excluding ortho intramolecular Hbond substituents is 1. The lowest BCUT2D eigenvalue weighted by molar-refractivity contribution is 0.0787. The highest BCUT2D eigenvalue weighted by Crippen LogP contribution is 2.62. The summed E-state index contributed by atoms with van der Waals surface area (Å²) in [6.07, 6.45) is 2.95. The smallest absolute Gasteiger partial charge is 0.122 e. The van der Waals surface area contributed by atoms with Crippen LogP contribution in [0, 0.1) is 5.41 Å². The van der Waals surface area contributed by atoms with Gasteiger partial charge in [0, 0.05) is 11.0 Å². The molecule has 0 heterocycles. The van der Waals surface area contributed by atoms with E-state index < -0.39 is 11.5 Å². The molecule has 1 atom stereocenters. The van der Waals surface area contributed by atoms with Gasteiger partial charge in [0.1, 0.15) is 11.5 Å². The first-order valence-electron chi connectivity index (χ1n) is 9.56. The Labute approximate surface area is 164 Å². The van der Waals surface area contributed by atoms with E-state index in [1.165, 1.54) is 11.1 Å². The molecule has 3 heteroatoms. The lowest BCUT2D eigenvalue weighted by Crippen LogP contribution is -2.26. The highest BCUT2D eigenvalue weighted by atomic mass is 16.5. The number of methoxy groups -OCH3 is 1. The standard InChI is InChI=1S/C25H22O3/c1-28-19-11-9-16(10-12-19)13-21-20-7-4-8-22(26)23(20)24(27)25(21)14-17-5-2-3-6-18(17)15-25/h2-13,24,26-27H,14-15H2,1H3. The first kappa shape index (κ1) is 17.1. The second-order valence-corrected chi connectivity index (χ2v) is 7.75. The van der Waals surface area contributed by atoms with Crippen LogP contribution < -0.4 is 4.74 Å². The molecule has 0 saturated carbocycles. The van der Waals surface area contributed by atoms with E-state index in [0.717, 1.165) is 35.3 Å². The number of aliphatic hydroxyl groups excluding tert-OH is 1. The quantitative estimate of drug-likeness (QED) is 0.683. The van der Waals surface area contributed by atoms with Crippen molar-refractivity contribution >= 4 is 11.6 Å². The van der Waals surface area contributed by atoms with Crippen molar-refractivity contribution in [3.63, 3.8) is 0 Å². The number of rotatable bonds is 2. The summed E-state index contributed by atoms with van der Waals surface area (Å²) < 4.78 is 5.27. The molecule has 0 aromatic heterocycles. The van der Waals surface area contributed by atoms with Crippen molar-refractivity contribution in [2.24, 2.45) is 5.41 Å². The van der Waals surface area contributed by atoms with Crippen LogP contribution in [0.15, 0.2) is 66.7 Å². The van der Waals surface area contributed by atoms with Gasteiger partial charge in [0.2, 0.25) is 0 Å². The van der Waals surface area contributed by atoms with Crippen molar-refractivity contribution in [3.05, 3.63) is 94.5 Å². The summed E-state index contributed by atoms with van der Waals surface area (Å²) in [5, 5.41) is 21.9.